The summed E-state index contributed by atoms with van der Waals surface area (Å²) in [7, 11) is 0. The first kappa shape index (κ1) is 17.0. The summed E-state index contributed by atoms with van der Waals surface area (Å²) >= 11 is 0. The number of nitrogens with one attached hydrogen (secondary N) is 1. The predicted octanol–water partition coefficient (Wildman–Crippen LogP) is 3.81. The van der Waals surface area contributed by atoms with Crippen LogP contribution in [0.3, 0.4) is 0 Å². The van der Waals surface area contributed by atoms with Gasteiger partial charge in [-0.15, -0.1) is 0 Å². The molecule has 1 aliphatic carbocycles. The van der Waals surface area contributed by atoms with Crippen molar-refractivity contribution in [2.24, 2.45) is 11.0 Å². The number of pyridine rings is 1. The van der Waals surface area contributed by atoms with E-state index < -0.39 is 0 Å². The molecule has 2 aromatic rings. The summed E-state index contributed by atoms with van der Waals surface area (Å²) in [6.45, 7) is 2.06. The third-order valence-electron chi connectivity index (χ3n) is 4.48. The molecule has 4 nitrogen and oxygen atoms in total. The highest BCUT2D eigenvalue weighted by molar-refractivity contribution is 5.84. The number of halogens is 1. The van der Waals surface area contributed by atoms with Gasteiger partial charge in [0, 0.05) is 12.4 Å². The van der Waals surface area contributed by atoms with Crippen molar-refractivity contribution >= 4 is 12.1 Å². The lowest BCUT2D eigenvalue weighted by atomic mass is 9.75. The molecular formula is C20H20FN3O. The Bertz CT molecular complexity index is 784. The quantitative estimate of drug-likeness (QED) is 0.524. The number of hydrogen-bond donors (Lipinski definition) is 1. The van der Waals surface area contributed by atoms with E-state index in [-0.39, 0.29) is 23.6 Å². The highest BCUT2D eigenvalue weighted by Gasteiger charge is 2.31. The first-order valence-electron chi connectivity index (χ1n) is 8.27. The SMILES string of the molecule is CC1=CC[C@H](C(=O)N/N=C\c2ccncc2)[C@@H](c2ccc(F)cc2)C1. The van der Waals surface area contributed by atoms with Gasteiger partial charge in [-0.3, -0.25) is 9.78 Å². The highest BCUT2D eigenvalue weighted by Crippen LogP contribution is 2.37. The van der Waals surface area contributed by atoms with E-state index in [1.54, 1.807) is 30.7 Å². The molecule has 0 fully saturated rings. The molecule has 2 atom stereocenters. The van der Waals surface area contributed by atoms with Crippen LogP contribution in [0.25, 0.3) is 0 Å². The van der Waals surface area contributed by atoms with Crippen LogP contribution in [-0.4, -0.2) is 17.1 Å². The topological polar surface area (TPSA) is 54.4 Å². The van der Waals surface area contributed by atoms with Crippen LogP contribution in [-0.2, 0) is 4.79 Å². The number of amides is 1. The van der Waals surface area contributed by atoms with E-state index in [2.05, 4.69) is 28.5 Å². The van der Waals surface area contributed by atoms with Crippen LogP contribution < -0.4 is 5.43 Å². The van der Waals surface area contributed by atoms with Gasteiger partial charge in [0.15, 0.2) is 0 Å². The van der Waals surface area contributed by atoms with Gasteiger partial charge in [0.05, 0.1) is 12.1 Å². The normalized spacial score (nSPS) is 20.3. The Hall–Kier alpha value is -2.82. The standard InChI is InChI=1S/C20H20FN3O/c1-14-2-7-18(19(12-14)16-3-5-17(21)6-4-16)20(25)24-23-13-15-8-10-22-11-9-15/h2-6,8-11,13,18-19H,7,12H2,1H3,(H,24,25)/b23-13-/t18-,19+/m0/s1. The molecule has 25 heavy (non-hydrogen) atoms. The Morgan fingerprint density at radius 1 is 1.24 bits per heavy atom. The molecule has 0 radical (unpaired) electrons. The number of benzene rings is 1. The van der Waals surface area contributed by atoms with Crippen LogP contribution in [0.5, 0.6) is 0 Å². The minimum atomic E-state index is -0.269. The van der Waals surface area contributed by atoms with Crippen LogP contribution in [0.2, 0.25) is 0 Å². The molecule has 1 aromatic carbocycles. The maximum absolute atomic E-state index is 13.2. The zero-order chi connectivity index (χ0) is 17.6. The number of rotatable bonds is 4. The Morgan fingerprint density at radius 3 is 2.68 bits per heavy atom. The van der Waals surface area contributed by atoms with E-state index in [4.69, 9.17) is 0 Å². The van der Waals surface area contributed by atoms with Crippen LogP contribution in [0, 0.1) is 11.7 Å². The van der Waals surface area contributed by atoms with Crippen molar-refractivity contribution in [1.29, 1.82) is 0 Å². The van der Waals surface area contributed by atoms with Crippen molar-refractivity contribution in [2.75, 3.05) is 0 Å². The summed E-state index contributed by atoms with van der Waals surface area (Å²) in [5.74, 6) is -0.580. The molecule has 0 saturated heterocycles. The number of hydrazone groups is 1. The summed E-state index contributed by atoms with van der Waals surface area (Å²) in [4.78, 5) is 16.5. The van der Waals surface area contributed by atoms with Gasteiger partial charge >= 0.3 is 0 Å². The number of carbonyl (C=O) groups excluding carboxylic acids is 1. The van der Waals surface area contributed by atoms with Crippen LogP contribution >= 0.6 is 0 Å². The molecule has 0 unspecified atom stereocenters. The fourth-order valence-electron chi connectivity index (χ4n) is 3.12. The second-order valence-electron chi connectivity index (χ2n) is 6.27. The van der Waals surface area contributed by atoms with Gasteiger partial charge in [-0.05, 0) is 61.1 Å². The summed E-state index contributed by atoms with van der Waals surface area (Å²) in [5, 5.41) is 4.04. The van der Waals surface area contributed by atoms with E-state index >= 15 is 0 Å². The molecule has 0 spiro atoms. The van der Waals surface area contributed by atoms with E-state index in [0.717, 1.165) is 17.5 Å². The van der Waals surface area contributed by atoms with E-state index in [1.807, 2.05) is 12.1 Å². The highest BCUT2D eigenvalue weighted by atomic mass is 19.1. The van der Waals surface area contributed by atoms with Crippen LogP contribution in [0.4, 0.5) is 4.39 Å². The second kappa shape index (κ2) is 7.83. The van der Waals surface area contributed by atoms with Crippen molar-refractivity contribution in [3.8, 4) is 0 Å². The monoisotopic (exact) mass is 337 g/mol. The van der Waals surface area contributed by atoms with E-state index in [0.29, 0.717) is 6.42 Å². The first-order valence-corrected chi connectivity index (χ1v) is 8.27. The number of nitrogens with zero attached hydrogens (tertiary/aromatic N) is 2. The molecule has 1 heterocycles. The minimum Gasteiger partial charge on any atom is -0.273 e. The number of aromatic nitrogens is 1. The smallest absolute Gasteiger partial charge is 0.244 e. The summed E-state index contributed by atoms with van der Waals surface area (Å²) in [5.41, 5.74) is 5.73. The average molecular weight is 337 g/mol. The summed E-state index contributed by atoms with van der Waals surface area (Å²) in [6.07, 6.45) is 8.47. The van der Waals surface area contributed by atoms with Gasteiger partial charge in [-0.25, -0.2) is 9.82 Å². The van der Waals surface area contributed by atoms with Gasteiger partial charge in [0.1, 0.15) is 5.82 Å². The fourth-order valence-corrected chi connectivity index (χ4v) is 3.12. The van der Waals surface area contributed by atoms with E-state index in [1.165, 1.54) is 17.7 Å². The van der Waals surface area contributed by atoms with Gasteiger partial charge in [0.2, 0.25) is 5.91 Å². The lowest BCUT2D eigenvalue weighted by Crippen LogP contribution is -2.33. The second-order valence-corrected chi connectivity index (χ2v) is 6.27. The third kappa shape index (κ3) is 4.38. The van der Waals surface area contributed by atoms with Gasteiger partial charge in [-0.2, -0.15) is 5.10 Å². The third-order valence-corrected chi connectivity index (χ3v) is 4.48. The predicted molar refractivity (Wildman–Crippen MR) is 95.6 cm³/mol. The zero-order valence-corrected chi connectivity index (χ0v) is 14.0. The summed E-state index contributed by atoms with van der Waals surface area (Å²) in [6, 6.07) is 10.0. The summed E-state index contributed by atoms with van der Waals surface area (Å²) < 4.78 is 13.2. The van der Waals surface area contributed by atoms with Crippen molar-refractivity contribution in [2.45, 2.75) is 25.7 Å². The lowest BCUT2D eigenvalue weighted by Gasteiger charge is -2.29. The van der Waals surface area contributed by atoms with Crippen LogP contribution in [0.1, 0.15) is 36.8 Å². The molecular weight excluding hydrogens is 317 g/mol. The van der Waals surface area contributed by atoms with Crippen molar-refractivity contribution in [3.05, 3.63) is 77.4 Å². The molecule has 1 aromatic heterocycles. The van der Waals surface area contributed by atoms with Crippen molar-refractivity contribution in [3.63, 3.8) is 0 Å². The van der Waals surface area contributed by atoms with Crippen molar-refractivity contribution < 1.29 is 9.18 Å². The Labute approximate surface area is 146 Å². The molecule has 1 N–H and O–H groups in total. The Balaban J connectivity index is 1.72. The maximum atomic E-state index is 13.2. The fraction of sp³-hybridized carbons (Fsp3) is 0.250. The number of carbonyl (C=O) groups is 1. The maximum Gasteiger partial charge on any atom is 0.244 e. The van der Waals surface area contributed by atoms with E-state index in [9.17, 15) is 9.18 Å². The average Bonchev–Trinajstić information content (AvgIpc) is 2.63. The van der Waals surface area contributed by atoms with Crippen LogP contribution in [0.15, 0.2) is 65.5 Å². The zero-order valence-electron chi connectivity index (χ0n) is 14.0. The van der Waals surface area contributed by atoms with Gasteiger partial charge < -0.3 is 0 Å². The molecule has 128 valence electrons. The number of hydrogen-bond acceptors (Lipinski definition) is 3. The molecule has 5 heteroatoms. The largest absolute Gasteiger partial charge is 0.273 e. The van der Waals surface area contributed by atoms with Gasteiger partial charge in [-0.1, -0.05) is 23.8 Å². The Kier molecular flexibility index (Phi) is 5.33. The molecule has 1 aliphatic rings. The van der Waals surface area contributed by atoms with Crippen molar-refractivity contribution in [1.82, 2.24) is 10.4 Å². The molecule has 1 amide bonds. The molecule has 0 aliphatic heterocycles. The minimum absolute atomic E-state index is 0.0294. The lowest BCUT2D eigenvalue weighted by molar-refractivity contribution is -0.125. The van der Waals surface area contributed by atoms with Gasteiger partial charge in [0.25, 0.3) is 0 Å². The Morgan fingerprint density at radius 2 is 1.96 bits per heavy atom. The molecule has 3 rings (SSSR count). The number of allylic oxidation sites excluding steroid dienone is 2. The molecule has 0 saturated carbocycles. The first-order chi connectivity index (χ1) is 12.1. The molecule has 0 bridgehead atoms.